The van der Waals surface area contributed by atoms with Gasteiger partial charge in [-0.25, -0.2) is 0 Å². The lowest BCUT2D eigenvalue weighted by atomic mass is 10.1. The van der Waals surface area contributed by atoms with Crippen LogP contribution in [0.3, 0.4) is 0 Å². The zero-order chi connectivity index (χ0) is 19.8. The van der Waals surface area contributed by atoms with Crippen molar-refractivity contribution in [3.8, 4) is 17.2 Å². The fourth-order valence-electron chi connectivity index (χ4n) is 3.80. The molecule has 5 rings (SSSR count). The van der Waals surface area contributed by atoms with E-state index in [2.05, 4.69) is 5.32 Å². The molecule has 3 aromatic carbocycles. The van der Waals surface area contributed by atoms with Gasteiger partial charge in [0.1, 0.15) is 11.9 Å². The van der Waals surface area contributed by atoms with Crippen molar-refractivity contribution in [2.75, 3.05) is 19.2 Å². The van der Waals surface area contributed by atoms with Gasteiger partial charge in [0.2, 0.25) is 6.79 Å². The maximum Gasteiger partial charge on any atom is 0.256 e. The molecule has 6 heteroatoms. The van der Waals surface area contributed by atoms with Crippen LogP contribution in [-0.2, 0) is 6.54 Å². The van der Waals surface area contributed by atoms with Gasteiger partial charge in [-0.05, 0) is 35.9 Å². The molecule has 2 heterocycles. The van der Waals surface area contributed by atoms with Crippen LogP contribution in [0.2, 0.25) is 0 Å². The highest BCUT2D eigenvalue weighted by molar-refractivity contribution is 5.99. The van der Waals surface area contributed by atoms with Crippen LogP contribution in [0.15, 0.2) is 66.7 Å². The highest BCUT2D eigenvalue weighted by Crippen LogP contribution is 2.38. The van der Waals surface area contributed by atoms with Crippen LogP contribution >= 0.6 is 0 Å². The molecule has 0 radical (unpaired) electrons. The first-order chi connectivity index (χ1) is 14.2. The summed E-state index contributed by atoms with van der Waals surface area (Å²) >= 11 is 0. The van der Waals surface area contributed by atoms with Crippen molar-refractivity contribution < 1.29 is 19.0 Å². The average molecular weight is 388 g/mol. The van der Waals surface area contributed by atoms with Gasteiger partial charge in [-0.15, -0.1) is 0 Å². The quantitative estimate of drug-likeness (QED) is 0.710. The summed E-state index contributed by atoms with van der Waals surface area (Å²) in [6, 6.07) is 21.2. The summed E-state index contributed by atoms with van der Waals surface area (Å²) in [5.41, 5.74) is 3.54. The number of hydrogen-bond donors (Lipinski definition) is 1. The second kappa shape index (κ2) is 7.05. The third-order valence-electron chi connectivity index (χ3n) is 5.22. The standard InChI is InChI=1S/C23H20N2O4/c1-27-17-6-4-5-16(12-17)24-22-18-7-2-3-8-19(18)23(26)25(22)13-15-9-10-20-21(11-15)29-14-28-20/h2-12,22,24H,13-14H2,1H3. The van der Waals surface area contributed by atoms with Crippen molar-refractivity contribution in [1.82, 2.24) is 4.90 Å². The van der Waals surface area contributed by atoms with Crippen molar-refractivity contribution in [2.45, 2.75) is 12.7 Å². The second-order valence-corrected chi connectivity index (χ2v) is 6.99. The molecule has 0 fully saturated rings. The Hall–Kier alpha value is -3.67. The number of methoxy groups -OCH3 is 1. The molecule has 1 unspecified atom stereocenters. The van der Waals surface area contributed by atoms with E-state index in [0.29, 0.717) is 17.9 Å². The number of ether oxygens (including phenoxy) is 3. The van der Waals surface area contributed by atoms with Crippen molar-refractivity contribution in [3.05, 3.63) is 83.4 Å². The number of nitrogens with zero attached hydrogens (tertiary/aromatic N) is 1. The molecule has 2 aliphatic rings. The Balaban J connectivity index is 1.48. The Morgan fingerprint density at radius 1 is 1.03 bits per heavy atom. The molecule has 0 saturated heterocycles. The molecule has 1 atom stereocenters. The van der Waals surface area contributed by atoms with E-state index in [1.165, 1.54) is 0 Å². The van der Waals surface area contributed by atoms with Crippen LogP contribution in [0, 0.1) is 0 Å². The maximum atomic E-state index is 13.2. The van der Waals surface area contributed by atoms with E-state index in [-0.39, 0.29) is 18.9 Å². The molecule has 0 saturated carbocycles. The van der Waals surface area contributed by atoms with E-state index in [9.17, 15) is 4.79 Å². The normalized spacial score (nSPS) is 16.7. The van der Waals surface area contributed by atoms with Gasteiger partial charge in [-0.2, -0.15) is 0 Å². The highest BCUT2D eigenvalue weighted by Gasteiger charge is 2.36. The van der Waals surface area contributed by atoms with Crippen molar-refractivity contribution >= 4 is 11.6 Å². The van der Waals surface area contributed by atoms with Gasteiger partial charge in [-0.3, -0.25) is 4.79 Å². The average Bonchev–Trinajstić information content (AvgIpc) is 3.32. The van der Waals surface area contributed by atoms with Crippen LogP contribution < -0.4 is 19.5 Å². The minimum absolute atomic E-state index is 0.00124. The Kier molecular flexibility index (Phi) is 4.24. The first kappa shape index (κ1) is 17.4. The first-order valence-corrected chi connectivity index (χ1v) is 9.42. The molecule has 1 N–H and O–H groups in total. The van der Waals surface area contributed by atoms with E-state index >= 15 is 0 Å². The third-order valence-corrected chi connectivity index (χ3v) is 5.22. The molecule has 29 heavy (non-hydrogen) atoms. The van der Waals surface area contributed by atoms with Gasteiger partial charge in [0.25, 0.3) is 5.91 Å². The zero-order valence-electron chi connectivity index (χ0n) is 15.9. The number of benzene rings is 3. The van der Waals surface area contributed by atoms with E-state index in [4.69, 9.17) is 14.2 Å². The predicted octanol–water partition coefficient (Wildman–Crippen LogP) is 4.19. The number of amides is 1. The number of fused-ring (bicyclic) bond motifs is 2. The van der Waals surface area contributed by atoms with E-state index in [0.717, 1.165) is 28.3 Å². The third kappa shape index (κ3) is 3.12. The summed E-state index contributed by atoms with van der Waals surface area (Å²) in [4.78, 5) is 15.0. The number of carbonyl (C=O) groups excluding carboxylic acids is 1. The summed E-state index contributed by atoms with van der Waals surface area (Å²) in [5.74, 6) is 2.20. The zero-order valence-corrected chi connectivity index (χ0v) is 15.9. The Bertz CT molecular complexity index is 1080. The summed E-state index contributed by atoms with van der Waals surface area (Å²) in [7, 11) is 1.64. The minimum atomic E-state index is -0.281. The van der Waals surface area contributed by atoms with Crippen molar-refractivity contribution in [2.24, 2.45) is 0 Å². The molecule has 1 amide bonds. The van der Waals surface area contributed by atoms with Gasteiger partial charge in [0.15, 0.2) is 11.5 Å². The van der Waals surface area contributed by atoms with Crippen LogP contribution in [0.1, 0.15) is 27.7 Å². The lowest BCUT2D eigenvalue weighted by Crippen LogP contribution is -2.31. The van der Waals surface area contributed by atoms with E-state index in [1.807, 2.05) is 71.6 Å². The number of rotatable bonds is 5. The summed E-state index contributed by atoms with van der Waals surface area (Å²) in [6.07, 6.45) is -0.281. The maximum absolute atomic E-state index is 13.2. The molecule has 2 aliphatic heterocycles. The molecule has 0 aromatic heterocycles. The largest absolute Gasteiger partial charge is 0.497 e. The van der Waals surface area contributed by atoms with Crippen LogP contribution in [0.25, 0.3) is 0 Å². The van der Waals surface area contributed by atoms with Gasteiger partial charge >= 0.3 is 0 Å². The van der Waals surface area contributed by atoms with Crippen LogP contribution in [0.4, 0.5) is 5.69 Å². The molecule has 3 aromatic rings. The molecular formula is C23H20N2O4. The topological polar surface area (TPSA) is 60.0 Å². The summed E-state index contributed by atoms with van der Waals surface area (Å²) < 4.78 is 16.2. The highest BCUT2D eigenvalue weighted by atomic mass is 16.7. The molecule has 0 aliphatic carbocycles. The van der Waals surface area contributed by atoms with Crippen LogP contribution in [0.5, 0.6) is 17.2 Å². The van der Waals surface area contributed by atoms with Gasteiger partial charge in [-0.1, -0.05) is 30.3 Å². The monoisotopic (exact) mass is 388 g/mol. The van der Waals surface area contributed by atoms with Crippen molar-refractivity contribution in [3.63, 3.8) is 0 Å². The smallest absolute Gasteiger partial charge is 0.256 e. The second-order valence-electron chi connectivity index (χ2n) is 6.99. The van der Waals surface area contributed by atoms with Crippen LogP contribution in [-0.4, -0.2) is 24.7 Å². The van der Waals surface area contributed by atoms with Gasteiger partial charge < -0.3 is 24.4 Å². The summed E-state index contributed by atoms with van der Waals surface area (Å²) in [6.45, 7) is 0.679. The van der Waals surface area contributed by atoms with Gasteiger partial charge in [0, 0.05) is 29.4 Å². The number of nitrogens with one attached hydrogen (secondary N) is 1. The SMILES string of the molecule is COc1cccc(NC2c3ccccc3C(=O)N2Cc2ccc3c(c2)OCO3)c1. The Morgan fingerprint density at radius 3 is 2.79 bits per heavy atom. The molecule has 6 nitrogen and oxygen atoms in total. The lowest BCUT2D eigenvalue weighted by Gasteiger charge is -2.27. The summed E-state index contributed by atoms with van der Waals surface area (Å²) in [5, 5.41) is 3.49. The first-order valence-electron chi connectivity index (χ1n) is 9.42. The molecule has 0 bridgehead atoms. The molecular weight excluding hydrogens is 368 g/mol. The lowest BCUT2D eigenvalue weighted by molar-refractivity contribution is 0.0728. The fourth-order valence-corrected chi connectivity index (χ4v) is 3.80. The molecule has 146 valence electrons. The predicted molar refractivity (Wildman–Crippen MR) is 108 cm³/mol. The fraction of sp³-hybridized carbons (Fsp3) is 0.174. The number of carbonyl (C=O) groups is 1. The Labute approximate surface area is 168 Å². The number of anilines is 1. The molecule has 0 spiro atoms. The van der Waals surface area contributed by atoms with E-state index in [1.54, 1.807) is 7.11 Å². The number of hydrogen-bond acceptors (Lipinski definition) is 5. The van der Waals surface area contributed by atoms with E-state index < -0.39 is 0 Å². The minimum Gasteiger partial charge on any atom is -0.497 e. The van der Waals surface area contributed by atoms with Gasteiger partial charge in [0.05, 0.1) is 7.11 Å². The van der Waals surface area contributed by atoms with Crippen molar-refractivity contribution in [1.29, 1.82) is 0 Å². The Morgan fingerprint density at radius 2 is 1.90 bits per heavy atom.